The van der Waals surface area contributed by atoms with Crippen molar-refractivity contribution in [1.82, 2.24) is 0 Å². The van der Waals surface area contributed by atoms with Crippen molar-refractivity contribution in [3.63, 3.8) is 0 Å². The summed E-state index contributed by atoms with van der Waals surface area (Å²) < 4.78 is 30.8. The SMILES string of the molecule is CCCCc1ccc(S(=O)(=O)O)cc1C(N)=O. The van der Waals surface area contributed by atoms with Gasteiger partial charge in [-0.2, -0.15) is 8.42 Å². The van der Waals surface area contributed by atoms with Crippen LogP contribution in [0.1, 0.15) is 35.7 Å². The Hall–Kier alpha value is -1.40. The van der Waals surface area contributed by atoms with Crippen LogP contribution in [0.5, 0.6) is 0 Å². The molecule has 0 aliphatic heterocycles. The third-order valence-corrected chi connectivity index (χ3v) is 3.29. The Morgan fingerprint density at radius 3 is 2.53 bits per heavy atom. The number of hydrogen-bond donors (Lipinski definition) is 2. The second-order valence-electron chi connectivity index (χ2n) is 3.76. The van der Waals surface area contributed by atoms with E-state index in [4.69, 9.17) is 10.3 Å². The van der Waals surface area contributed by atoms with Gasteiger partial charge in [0.05, 0.1) is 4.90 Å². The fraction of sp³-hybridized carbons (Fsp3) is 0.364. The number of primary amides is 1. The first kappa shape index (κ1) is 13.7. The summed E-state index contributed by atoms with van der Waals surface area (Å²) in [4.78, 5) is 10.9. The van der Waals surface area contributed by atoms with Crippen molar-refractivity contribution < 1.29 is 17.8 Å². The number of aryl methyl sites for hydroxylation is 1. The van der Waals surface area contributed by atoms with Crippen LogP contribution in [0.3, 0.4) is 0 Å². The van der Waals surface area contributed by atoms with Gasteiger partial charge >= 0.3 is 0 Å². The molecular formula is C11H15NO4S. The van der Waals surface area contributed by atoms with Crippen molar-refractivity contribution in [3.8, 4) is 0 Å². The summed E-state index contributed by atoms with van der Waals surface area (Å²) in [5, 5.41) is 0. The minimum atomic E-state index is -4.30. The highest BCUT2D eigenvalue weighted by molar-refractivity contribution is 7.85. The highest BCUT2D eigenvalue weighted by Crippen LogP contribution is 2.17. The van der Waals surface area contributed by atoms with E-state index in [1.165, 1.54) is 12.1 Å². The molecule has 0 saturated heterocycles. The Balaban J connectivity index is 3.22. The van der Waals surface area contributed by atoms with Gasteiger partial charge in [-0.25, -0.2) is 0 Å². The lowest BCUT2D eigenvalue weighted by atomic mass is 10.0. The molecule has 1 aromatic carbocycles. The first-order valence-corrected chi connectivity index (χ1v) is 6.70. The Morgan fingerprint density at radius 2 is 2.06 bits per heavy atom. The van der Waals surface area contributed by atoms with E-state index in [0.29, 0.717) is 12.0 Å². The van der Waals surface area contributed by atoms with E-state index < -0.39 is 16.0 Å². The number of amides is 1. The molecule has 0 bridgehead atoms. The molecule has 3 N–H and O–H groups in total. The van der Waals surface area contributed by atoms with Gasteiger partial charge in [0.1, 0.15) is 0 Å². The average Bonchev–Trinajstić information content (AvgIpc) is 2.24. The third kappa shape index (κ3) is 3.54. The number of nitrogens with two attached hydrogens (primary N) is 1. The number of unbranched alkanes of at least 4 members (excludes halogenated alkanes) is 1. The Morgan fingerprint density at radius 1 is 1.41 bits per heavy atom. The maximum Gasteiger partial charge on any atom is 0.294 e. The third-order valence-electron chi connectivity index (χ3n) is 2.44. The lowest BCUT2D eigenvalue weighted by Crippen LogP contribution is -2.15. The molecule has 1 rings (SSSR count). The summed E-state index contributed by atoms with van der Waals surface area (Å²) in [6.45, 7) is 2.01. The van der Waals surface area contributed by atoms with Gasteiger partial charge in [-0.05, 0) is 30.5 Å². The molecule has 0 fully saturated rings. The molecule has 0 aliphatic carbocycles. The Bertz CT molecular complexity index is 522. The van der Waals surface area contributed by atoms with Crippen molar-refractivity contribution in [1.29, 1.82) is 0 Å². The molecule has 0 aromatic heterocycles. The minimum Gasteiger partial charge on any atom is -0.366 e. The molecule has 0 radical (unpaired) electrons. The molecule has 0 spiro atoms. The molecule has 0 atom stereocenters. The van der Waals surface area contributed by atoms with Crippen molar-refractivity contribution in [2.24, 2.45) is 5.73 Å². The zero-order valence-electron chi connectivity index (χ0n) is 9.51. The second kappa shape index (κ2) is 5.29. The van der Waals surface area contributed by atoms with Gasteiger partial charge in [-0.3, -0.25) is 9.35 Å². The molecule has 94 valence electrons. The Labute approximate surface area is 100 Å². The summed E-state index contributed by atoms with van der Waals surface area (Å²) in [6.07, 6.45) is 2.49. The summed E-state index contributed by atoms with van der Waals surface area (Å²) in [6, 6.07) is 3.90. The lowest BCUT2D eigenvalue weighted by molar-refractivity contribution is 0.0999. The fourth-order valence-corrected chi connectivity index (χ4v) is 2.04. The predicted octanol–water partition coefficient (Wildman–Crippen LogP) is 1.37. The van der Waals surface area contributed by atoms with Crippen LogP contribution in [0.25, 0.3) is 0 Å². The van der Waals surface area contributed by atoms with Crippen LogP contribution in [0, 0.1) is 0 Å². The van der Waals surface area contributed by atoms with E-state index >= 15 is 0 Å². The normalized spacial score (nSPS) is 11.4. The zero-order chi connectivity index (χ0) is 13.1. The average molecular weight is 257 g/mol. The lowest BCUT2D eigenvalue weighted by Gasteiger charge is -2.07. The summed E-state index contributed by atoms with van der Waals surface area (Å²) >= 11 is 0. The van der Waals surface area contributed by atoms with E-state index in [2.05, 4.69) is 0 Å². The largest absolute Gasteiger partial charge is 0.366 e. The van der Waals surface area contributed by atoms with E-state index in [9.17, 15) is 13.2 Å². The van der Waals surface area contributed by atoms with E-state index in [1.54, 1.807) is 0 Å². The van der Waals surface area contributed by atoms with Crippen LogP contribution in [0.4, 0.5) is 0 Å². The number of hydrogen-bond acceptors (Lipinski definition) is 3. The first-order valence-electron chi connectivity index (χ1n) is 5.26. The van der Waals surface area contributed by atoms with Crippen molar-refractivity contribution in [2.75, 3.05) is 0 Å². The molecular weight excluding hydrogens is 242 g/mol. The quantitative estimate of drug-likeness (QED) is 0.778. The Kier molecular flexibility index (Phi) is 4.25. The van der Waals surface area contributed by atoms with E-state index in [-0.39, 0.29) is 10.5 Å². The van der Waals surface area contributed by atoms with Gasteiger partial charge in [-0.15, -0.1) is 0 Å². The van der Waals surface area contributed by atoms with Gasteiger partial charge in [0.25, 0.3) is 10.1 Å². The number of carbonyl (C=O) groups is 1. The van der Waals surface area contributed by atoms with Crippen LogP contribution in [0.2, 0.25) is 0 Å². The van der Waals surface area contributed by atoms with Crippen LogP contribution in [0.15, 0.2) is 23.1 Å². The highest BCUT2D eigenvalue weighted by Gasteiger charge is 2.15. The molecule has 0 heterocycles. The zero-order valence-corrected chi connectivity index (χ0v) is 10.3. The molecule has 0 unspecified atom stereocenters. The van der Waals surface area contributed by atoms with Crippen LogP contribution >= 0.6 is 0 Å². The van der Waals surface area contributed by atoms with Crippen molar-refractivity contribution in [2.45, 2.75) is 31.1 Å². The molecule has 5 nitrogen and oxygen atoms in total. The standard InChI is InChI=1S/C11H15NO4S/c1-2-3-4-8-5-6-9(17(14,15)16)7-10(8)11(12)13/h5-7H,2-4H2,1H3,(H2,12,13)(H,14,15,16). The van der Waals surface area contributed by atoms with Gasteiger partial charge in [0.15, 0.2) is 0 Å². The second-order valence-corrected chi connectivity index (χ2v) is 5.18. The van der Waals surface area contributed by atoms with Crippen LogP contribution in [-0.4, -0.2) is 18.9 Å². The van der Waals surface area contributed by atoms with Gasteiger partial charge in [0, 0.05) is 5.56 Å². The maximum absolute atomic E-state index is 11.2. The van der Waals surface area contributed by atoms with Gasteiger partial charge in [0.2, 0.25) is 5.91 Å². The van der Waals surface area contributed by atoms with E-state index in [0.717, 1.165) is 18.9 Å². The molecule has 1 aromatic rings. The summed E-state index contributed by atoms with van der Waals surface area (Å²) in [5.41, 5.74) is 6.03. The van der Waals surface area contributed by atoms with Crippen molar-refractivity contribution >= 4 is 16.0 Å². The predicted molar refractivity (Wildman–Crippen MR) is 63.4 cm³/mol. The van der Waals surface area contributed by atoms with Gasteiger partial charge < -0.3 is 5.73 Å². The fourth-order valence-electron chi connectivity index (χ4n) is 1.53. The summed E-state index contributed by atoms with van der Waals surface area (Å²) in [7, 11) is -4.30. The molecule has 17 heavy (non-hydrogen) atoms. The summed E-state index contributed by atoms with van der Waals surface area (Å²) in [5.74, 6) is -0.693. The maximum atomic E-state index is 11.2. The first-order chi connectivity index (χ1) is 7.86. The van der Waals surface area contributed by atoms with Crippen molar-refractivity contribution in [3.05, 3.63) is 29.3 Å². The van der Waals surface area contributed by atoms with E-state index in [1.807, 2.05) is 6.92 Å². The van der Waals surface area contributed by atoms with Gasteiger partial charge in [-0.1, -0.05) is 19.4 Å². The number of rotatable bonds is 5. The highest BCUT2D eigenvalue weighted by atomic mass is 32.2. The molecule has 6 heteroatoms. The van der Waals surface area contributed by atoms with Crippen LogP contribution in [-0.2, 0) is 16.5 Å². The minimum absolute atomic E-state index is 0.147. The van der Waals surface area contributed by atoms with Crippen LogP contribution < -0.4 is 5.73 Å². The molecule has 0 saturated carbocycles. The molecule has 0 aliphatic rings. The molecule has 1 amide bonds. The smallest absolute Gasteiger partial charge is 0.294 e. The number of carbonyl (C=O) groups excluding carboxylic acids is 1. The number of benzene rings is 1. The monoisotopic (exact) mass is 257 g/mol. The topological polar surface area (TPSA) is 97.5 Å².